The lowest BCUT2D eigenvalue weighted by Crippen LogP contribution is -2.31. The minimum atomic E-state index is -0.347. The van der Waals surface area contributed by atoms with Crippen molar-refractivity contribution in [1.29, 1.82) is 0 Å². The average Bonchev–Trinajstić information content (AvgIpc) is 3.58. The zero-order chi connectivity index (χ0) is 31.8. The van der Waals surface area contributed by atoms with E-state index in [0.29, 0.717) is 0 Å². The van der Waals surface area contributed by atoms with Crippen molar-refractivity contribution in [3.63, 3.8) is 0 Å². The van der Waals surface area contributed by atoms with Gasteiger partial charge in [0.05, 0.1) is 5.41 Å². The smallest absolute Gasteiger partial charge is 0.0676 e. The first-order chi connectivity index (χ1) is 22.1. The van der Waals surface area contributed by atoms with Gasteiger partial charge in [0.2, 0.25) is 0 Å². The molecule has 228 valence electrons. The summed E-state index contributed by atoms with van der Waals surface area (Å²) in [6.45, 7) is 14.0. The van der Waals surface area contributed by atoms with Gasteiger partial charge in [-0.15, -0.1) is 11.3 Å². The maximum absolute atomic E-state index is 2.54. The van der Waals surface area contributed by atoms with Crippen molar-refractivity contribution in [3.8, 4) is 11.1 Å². The van der Waals surface area contributed by atoms with E-state index >= 15 is 0 Å². The van der Waals surface area contributed by atoms with E-state index in [1.54, 1.807) is 0 Å². The van der Waals surface area contributed by atoms with Gasteiger partial charge in [0, 0.05) is 20.2 Å². The molecule has 0 saturated heterocycles. The molecule has 46 heavy (non-hydrogen) atoms. The van der Waals surface area contributed by atoms with Crippen molar-refractivity contribution >= 4 is 37.1 Å². The van der Waals surface area contributed by atoms with E-state index < -0.39 is 0 Å². The Labute approximate surface area is 278 Å². The SMILES string of the molecule is CC(C)(C)c1ccc2c(c1)C(C1=CC=C(c3cccc4c3sc3ccccc34)CC1)(c1ccccc1)c1cc(C(C)(C)C)ccc1-2. The van der Waals surface area contributed by atoms with Crippen LogP contribution in [0.3, 0.4) is 0 Å². The van der Waals surface area contributed by atoms with E-state index in [0.717, 1.165) is 12.8 Å². The highest BCUT2D eigenvalue weighted by molar-refractivity contribution is 7.26. The minimum Gasteiger partial charge on any atom is -0.135 e. The fourth-order valence-electron chi connectivity index (χ4n) is 7.96. The van der Waals surface area contributed by atoms with Gasteiger partial charge in [-0.05, 0) is 79.8 Å². The Bertz CT molecular complexity index is 2140. The third-order valence-electron chi connectivity index (χ3n) is 10.5. The van der Waals surface area contributed by atoms with E-state index in [4.69, 9.17) is 0 Å². The van der Waals surface area contributed by atoms with Crippen LogP contribution in [0.1, 0.15) is 87.8 Å². The summed E-state index contributed by atoms with van der Waals surface area (Å²) in [6, 6.07) is 41.7. The molecule has 1 heteroatoms. The van der Waals surface area contributed by atoms with Gasteiger partial charge in [0.25, 0.3) is 0 Å². The quantitative estimate of drug-likeness (QED) is 0.186. The van der Waals surface area contributed by atoms with Crippen LogP contribution in [0.2, 0.25) is 0 Å². The second-order valence-corrected chi connectivity index (χ2v) is 16.4. The van der Waals surface area contributed by atoms with Crippen molar-refractivity contribution < 1.29 is 0 Å². The van der Waals surface area contributed by atoms with Crippen LogP contribution >= 0.6 is 11.3 Å². The molecule has 8 rings (SSSR count). The maximum Gasteiger partial charge on any atom is 0.0676 e. The lowest BCUT2D eigenvalue weighted by molar-refractivity contribution is 0.584. The Morgan fingerprint density at radius 1 is 0.543 bits per heavy atom. The number of benzene rings is 5. The normalized spacial score (nSPS) is 15.9. The van der Waals surface area contributed by atoms with Gasteiger partial charge in [0.1, 0.15) is 0 Å². The molecule has 0 N–H and O–H groups in total. The number of rotatable bonds is 3. The zero-order valence-corrected chi connectivity index (χ0v) is 28.7. The Hall–Kier alpha value is -4.20. The summed E-state index contributed by atoms with van der Waals surface area (Å²) >= 11 is 1.93. The Balaban J connectivity index is 1.39. The van der Waals surface area contributed by atoms with Crippen LogP contribution in [0, 0.1) is 0 Å². The lowest BCUT2D eigenvalue weighted by Gasteiger charge is -2.38. The third-order valence-corrected chi connectivity index (χ3v) is 11.7. The zero-order valence-electron chi connectivity index (χ0n) is 27.9. The van der Waals surface area contributed by atoms with Crippen molar-refractivity contribution in [2.24, 2.45) is 0 Å². The molecule has 1 aromatic heterocycles. The average molecular weight is 615 g/mol. The molecule has 0 spiro atoms. The molecular formula is C45H42S. The summed E-state index contributed by atoms with van der Waals surface area (Å²) in [4.78, 5) is 0. The van der Waals surface area contributed by atoms with Gasteiger partial charge in [-0.25, -0.2) is 0 Å². The second kappa shape index (κ2) is 10.4. The molecule has 2 aliphatic rings. The first-order valence-corrected chi connectivity index (χ1v) is 17.6. The highest BCUT2D eigenvalue weighted by atomic mass is 32.1. The van der Waals surface area contributed by atoms with Gasteiger partial charge < -0.3 is 0 Å². The van der Waals surface area contributed by atoms with Crippen molar-refractivity contribution in [2.45, 2.75) is 70.6 Å². The fourth-order valence-corrected chi connectivity index (χ4v) is 9.21. The summed E-state index contributed by atoms with van der Waals surface area (Å²) in [5.41, 5.74) is 13.8. The summed E-state index contributed by atoms with van der Waals surface area (Å²) in [5, 5.41) is 2.74. The van der Waals surface area contributed by atoms with E-state index in [9.17, 15) is 0 Å². The third kappa shape index (κ3) is 4.39. The van der Waals surface area contributed by atoms with Crippen molar-refractivity contribution in [1.82, 2.24) is 0 Å². The molecule has 0 unspecified atom stereocenters. The molecule has 2 aliphatic carbocycles. The molecule has 6 aromatic rings. The summed E-state index contributed by atoms with van der Waals surface area (Å²) in [5.74, 6) is 0. The largest absolute Gasteiger partial charge is 0.135 e. The molecule has 1 heterocycles. The van der Waals surface area contributed by atoms with Crippen LogP contribution in [0.4, 0.5) is 0 Å². The molecule has 0 radical (unpaired) electrons. The molecule has 0 bridgehead atoms. The first-order valence-electron chi connectivity index (χ1n) is 16.7. The highest BCUT2D eigenvalue weighted by Crippen LogP contribution is 2.59. The summed E-state index contributed by atoms with van der Waals surface area (Å²) in [7, 11) is 0. The van der Waals surface area contributed by atoms with Crippen LogP contribution in [0.15, 0.2) is 127 Å². The van der Waals surface area contributed by atoms with E-state index in [-0.39, 0.29) is 16.2 Å². The molecule has 5 aromatic carbocycles. The predicted octanol–water partition coefficient (Wildman–Crippen LogP) is 12.8. The number of thiophene rings is 1. The van der Waals surface area contributed by atoms with Crippen LogP contribution < -0.4 is 0 Å². The maximum atomic E-state index is 2.54. The standard InChI is InChI=1S/C45H42S/c1-43(2,3)32-23-25-35-36-26-24-33(44(4,5)6)28-40(36)45(39(35)27-32,30-13-8-7-9-14-30)31-21-19-29(20-22-31)34-16-12-17-38-37-15-10-11-18-41(37)46-42(34)38/h7-19,21,23-28H,20,22H2,1-6H3. The van der Waals surface area contributed by atoms with Crippen LogP contribution in [0.25, 0.3) is 36.9 Å². The van der Waals surface area contributed by atoms with Crippen molar-refractivity contribution in [2.75, 3.05) is 0 Å². The fraction of sp³-hybridized carbons (Fsp3) is 0.244. The highest BCUT2D eigenvalue weighted by Gasteiger charge is 2.48. The van der Waals surface area contributed by atoms with Gasteiger partial charge in [-0.3, -0.25) is 0 Å². The van der Waals surface area contributed by atoms with Crippen LogP contribution in [-0.4, -0.2) is 0 Å². The Morgan fingerprint density at radius 3 is 1.76 bits per heavy atom. The number of fused-ring (bicyclic) bond motifs is 6. The molecule has 0 fully saturated rings. The van der Waals surface area contributed by atoms with E-state index in [1.807, 2.05) is 11.3 Å². The van der Waals surface area contributed by atoms with Gasteiger partial charge in [0.15, 0.2) is 0 Å². The topological polar surface area (TPSA) is 0 Å². The van der Waals surface area contributed by atoms with E-state index in [2.05, 4.69) is 163 Å². The predicted molar refractivity (Wildman–Crippen MR) is 200 cm³/mol. The summed E-state index contributed by atoms with van der Waals surface area (Å²) < 4.78 is 2.77. The molecule has 0 atom stereocenters. The van der Waals surface area contributed by atoms with Gasteiger partial charge >= 0.3 is 0 Å². The number of hydrogen-bond acceptors (Lipinski definition) is 1. The molecule has 0 amide bonds. The van der Waals surface area contributed by atoms with Gasteiger partial charge in [-0.2, -0.15) is 0 Å². The van der Waals surface area contributed by atoms with E-state index in [1.165, 1.54) is 75.8 Å². The monoisotopic (exact) mass is 614 g/mol. The first kappa shape index (κ1) is 29.2. The molecule has 0 saturated carbocycles. The van der Waals surface area contributed by atoms with Crippen molar-refractivity contribution in [3.05, 3.63) is 160 Å². The number of allylic oxidation sites excluding steroid dienone is 4. The lowest BCUT2D eigenvalue weighted by atomic mass is 9.64. The molecular weight excluding hydrogens is 573 g/mol. The van der Waals surface area contributed by atoms with Crippen LogP contribution in [0.5, 0.6) is 0 Å². The Kier molecular flexibility index (Phi) is 6.61. The Morgan fingerprint density at radius 2 is 1.15 bits per heavy atom. The minimum absolute atomic E-state index is 0.0553. The van der Waals surface area contributed by atoms with Crippen LogP contribution in [-0.2, 0) is 16.2 Å². The molecule has 0 aliphatic heterocycles. The molecule has 0 nitrogen and oxygen atoms in total. The number of hydrogen-bond donors (Lipinski definition) is 0. The second-order valence-electron chi connectivity index (χ2n) is 15.3. The summed E-state index contributed by atoms with van der Waals surface area (Å²) in [6.07, 6.45) is 6.97. The van der Waals surface area contributed by atoms with Gasteiger partial charge in [-0.1, -0.05) is 162 Å².